The zero-order valence-electron chi connectivity index (χ0n) is 17.8. The van der Waals surface area contributed by atoms with Gasteiger partial charge in [0.05, 0.1) is 38.0 Å². The van der Waals surface area contributed by atoms with Crippen LogP contribution >= 0.6 is 7.82 Å². The zero-order valence-corrected chi connectivity index (χ0v) is 18.7. The summed E-state index contributed by atoms with van der Waals surface area (Å²) in [4.78, 5) is 46.5. The van der Waals surface area contributed by atoms with Crippen molar-refractivity contribution in [1.29, 1.82) is 0 Å². The van der Waals surface area contributed by atoms with Crippen LogP contribution in [0.15, 0.2) is 16.9 Å². The van der Waals surface area contributed by atoms with Crippen LogP contribution < -0.4 is 25.4 Å². The van der Waals surface area contributed by atoms with Gasteiger partial charge in [0.25, 0.3) is 5.56 Å². The molecule has 1 aromatic carbocycles. The van der Waals surface area contributed by atoms with E-state index in [0.717, 1.165) is 11.3 Å². The molecule has 0 bridgehead atoms. The number of phosphoric acid groups is 1. The third kappa shape index (κ3) is 5.45. The van der Waals surface area contributed by atoms with Gasteiger partial charge in [-0.3, -0.25) is 4.79 Å². The van der Waals surface area contributed by atoms with E-state index in [2.05, 4.69) is 19.5 Å². The first-order chi connectivity index (χ1) is 15.3. The molecule has 2 aliphatic heterocycles. The molecule has 15 heteroatoms. The van der Waals surface area contributed by atoms with Gasteiger partial charge in [0.15, 0.2) is 11.5 Å². The molecule has 0 saturated carbocycles. The third-order valence-electron chi connectivity index (χ3n) is 4.93. The van der Waals surface area contributed by atoms with Crippen molar-refractivity contribution in [3.05, 3.63) is 28.0 Å². The second-order valence-corrected chi connectivity index (χ2v) is 8.75. The Hall–Kier alpha value is -2.71. The van der Waals surface area contributed by atoms with Crippen molar-refractivity contribution < 1.29 is 39.3 Å². The Morgan fingerprint density at radius 3 is 2.42 bits per heavy atom. The lowest BCUT2D eigenvalue weighted by molar-refractivity contribution is -0.343. The number of aromatic nitrogens is 4. The van der Waals surface area contributed by atoms with Gasteiger partial charge in [0.2, 0.25) is 0 Å². The molecule has 14 nitrogen and oxygen atoms in total. The normalized spacial score (nSPS) is 15.0. The summed E-state index contributed by atoms with van der Waals surface area (Å²) in [7, 11) is -1.83. The molecule has 0 unspecified atom stereocenters. The summed E-state index contributed by atoms with van der Waals surface area (Å²) in [6.07, 6.45) is -5.65. The van der Waals surface area contributed by atoms with E-state index in [1.165, 1.54) is 4.57 Å². The number of phosphoric ester groups is 1. The van der Waals surface area contributed by atoms with E-state index in [1.807, 2.05) is 6.92 Å². The monoisotopic (exact) mass is 482 g/mol. The Morgan fingerprint density at radius 2 is 1.82 bits per heavy atom. The first kappa shape index (κ1) is 24.9. The van der Waals surface area contributed by atoms with Crippen LogP contribution in [0.3, 0.4) is 0 Å². The molecule has 0 amide bonds. The number of nitrogens with zero attached hydrogens (tertiary/aromatic N) is 5. The summed E-state index contributed by atoms with van der Waals surface area (Å²) in [5.41, 5.74) is 1.04. The fourth-order valence-electron chi connectivity index (χ4n) is 3.38. The summed E-state index contributed by atoms with van der Waals surface area (Å²) >= 11 is 0. The average molecular weight is 482 g/mol. The molecule has 3 N–H and O–H groups in total. The second kappa shape index (κ2) is 9.27. The van der Waals surface area contributed by atoms with Crippen LogP contribution in [0, 0.1) is 6.92 Å². The van der Waals surface area contributed by atoms with Crippen LogP contribution in [-0.2, 0) is 15.6 Å². The molecule has 3 atom stereocenters. The van der Waals surface area contributed by atoms with Crippen LogP contribution in [-0.4, -0.2) is 73.9 Å². The maximum atomic E-state index is 12.3. The molecule has 0 spiro atoms. The SMILES string of the molecule is Cc1cc2nc3c(=O)nc([O-])nc-3n(C[C@H](O)[C@H](O)[C@H](O)COP(=O)([O-])[O-])c2cc1N(C)C. The van der Waals surface area contributed by atoms with Crippen molar-refractivity contribution in [3.63, 3.8) is 0 Å². The van der Waals surface area contributed by atoms with Gasteiger partial charge in [-0.1, -0.05) is 0 Å². The highest BCUT2D eigenvalue weighted by Gasteiger charge is 2.28. The van der Waals surface area contributed by atoms with Crippen LogP contribution in [0.25, 0.3) is 22.6 Å². The minimum absolute atomic E-state index is 0.207. The van der Waals surface area contributed by atoms with Gasteiger partial charge in [-0.05, 0) is 24.6 Å². The summed E-state index contributed by atoms with van der Waals surface area (Å²) in [6, 6.07) is 2.28. The fraction of sp³-hybridized carbons (Fsp3) is 0.444. The van der Waals surface area contributed by atoms with E-state index < -0.39 is 50.9 Å². The molecule has 3 rings (SSSR count). The second-order valence-electron chi connectivity index (χ2n) is 7.60. The fourth-order valence-corrected chi connectivity index (χ4v) is 3.72. The molecule has 2 aliphatic rings. The highest BCUT2D eigenvalue weighted by Crippen LogP contribution is 2.29. The first-order valence-corrected chi connectivity index (χ1v) is 11.0. The molecule has 180 valence electrons. The number of rotatable bonds is 8. The van der Waals surface area contributed by atoms with E-state index in [9.17, 15) is 39.6 Å². The Kier molecular flexibility index (Phi) is 7.00. The number of aliphatic hydroxyl groups excluding tert-OH is 3. The van der Waals surface area contributed by atoms with Crippen LogP contribution in [0.2, 0.25) is 0 Å². The molecule has 0 fully saturated rings. The van der Waals surface area contributed by atoms with Crippen molar-refractivity contribution in [1.82, 2.24) is 19.5 Å². The predicted octanol–water partition coefficient (Wildman–Crippen LogP) is -3.33. The lowest BCUT2D eigenvalue weighted by Gasteiger charge is -2.31. The van der Waals surface area contributed by atoms with Gasteiger partial charge in [-0.2, -0.15) is 0 Å². The molecule has 0 aromatic heterocycles. The van der Waals surface area contributed by atoms with Crippen LogP contribution in [0.4, 0.5) is 5.69 Å². The van der Waals surface area contributed by atoms with Crippen molar-refractivity contribution in [2.45, 2.75) is 31.8 Å². The highest BCUT2D eigenvalue weighted by molar-refractivity contribution is 7.43. The third-order valence-corrected chi connectivity index (χ3v) is 5.39. The quantitative estimate of drug-likeness (QED) is 0.211. The number of aryl methyl sites for hydroxylation is 1. The highest BCUT2D eigenvalue weighted by atomic mass is 31.2. The van der Waals surface area contributed by atoms with E-state index >= 15 is 0 Å². The molecular formula is C18H21N5O9P-3. The molecule has 1 aromatic rings. The smallest absolute Gasteiger partial charge is 0.300 e. The molecule has 33 heavy (non-hydrogen) atoms. The van der Waals surface area contributed by atoms with Crippen LogP contribution in [0.5, 0.6) is 6.01 Å². The number of benzene rings is 1. The molecule has 0 radical (unpaired) electrons. The number of anilines is 1. The van der Waals surface area contributed by atoms with Crippen LogP contribution in [0.1, 0.15) is 5.56 Å². The minimum atomic E-state index is -5.41. The summed E-state index contributed by atoms with van der Waals surface area (Å²) in [5, 5.41) is 42.4. The van der Waals surface area contributed by atoms with Gasteiger partial charge in [-0.15, -0.1) is 0 Å². The predicted molar refractivity (Wildman–Crippen MR) is 108 cm³/mol. The van der Waals surface area contributed by atoms with E-state index in [-0.39, 0.29) is 11.5 Å². The van der Waals surface area contributed by atoms with Gasteiger partial charge in [0, 0.05) is 19.8 Å². The maximum Gasteiger partial charge on any atom is 0.300 e. The largest absolute Gasteiger partial charge is 0.844 e. The number of hydrogen-bond donors (Lipinski definition) is 3. The van der Waals surface area contributed by atoms with Gasteiger partial charge >= 0.3 is 0 Å². The number of aliphatic hydroxyl groups is 3. The van der Waals surface area contributed by atoms with E-state index in [4.69, 9.17) is 0 Å². The molecule has 0 saturated heterocycles. The topological polar surface area (TPSA) is 220 Å². The molecular weight excluding hydrogens is 461 g/mol. The van der Waals surface area contributed by atoms with Gasteiger partial charge in [0.1, 0.15) is 18.3 Å². The van der Waals surface area contributed by atoms with E-state index in [0.29, 0.717) is 11.0 Å². The van der Waals surface area contributed by atoms with Gasteiger partial charge < -0.3 is 48.8 Å². The van der Waals surface area contributed by atoms with Gasteiger partial charge in [-0.25, -0.2) is 15.0 Å². The Balaban J connectivity index is 2.11. The molecule has 2 heterocycles. The standard InChI is InChI=1S/C18H24N5O9P/c1-8-4-9-11(5-10(8)22(2)3)23(16-14(19-9)17(27)21-18(28)20-16)6-12(24)15(26)13(25)7-32-33(29,30)31/h4-5,12-13,15,24-26H,6-7H2,1-3H3,(H,21,27,28)(H2,29,30,31)/p-3/t12-,13+,15-/m0/s1. The van der Waals surface area contributed by atoms with E-state index in [1.54, 1.807) is 31.1 Å². The summed E-state index contributed by atoms with van der Waals surface area (Å²) in [5.74, 6) is -0.207. The minimum Gasteiger partial charge on any atom is -0.844 e. The summed E-state index contributed by atoms with van der Waals surface area (Å²) in [6.45, 7) is 0.249. The lowest BCUT2D eigenvalue weighted by Crippen LogP contribution is -2.43. The summed E-state index contributed by atoms with van der Waals surface area (Å²) < 4.78 is 15.8. The Morgan fingerprint density at radius 1 is 1.15 bits per heavy atom. The van der Waals surface area contributed by atoms with Crippen molar-refractivity contribution in [3.8, 4) is 17.5 Å². The zero-order chi connectivity index (χ0) is 24.7. The Labute approximate surface area is 187 Å². The number of fused-ring (bicyclic) bond motifs is 2. The lowest BCUT2D eigenvalue weighted by atomic mass is 10.1. The van der Waals surface area contributed by atoms with Crippen molar-refractivity contribution in [2.24, 2.45) is 0 Å². The van der Waals surface area contributed by atoms with Crippen molar-refractivity contribution >= 4 is 24.5 Å². The Bertz CT molecular complexity index is 1240. The van der Waals surface area contributed by atoms with Crippen molar-refractivity contribution in [2.75, 3.05) is 25.6 Å². The number of hydrogen-bond acceptors (Lipinski definition) is 13. The molecule has 0 aliphatic carbocycles. The first-order valence-electron chi connectivity index (χ1n) is 9.56. The average Bonchev–Trinajstić information content (AvgIpc) is 2.70. The maximum absolute atomic E-state index is 12.3.